The monoisotopic (exact) mass is 311 g/mol. The molecule has 2 rings (SSSR count). The van der Waals surface area contributed by atoms with Crippen LogP contribution in [-0.2, 0) is 0 Å². The minimum atomic E-state index is -0.114. The first-order valence-electron chi connectivity index (χ1n) is 6.41. The van der Waals surface area contributed by atoms with E-state index in [0.29, 0.717) is 41.8 Å². The summed E-state index contributed by atoms with van der Waals surface area (Å²) in [6, 6.07) is 7.01. The quantitative estimate of drug-likeness (QED) is 0.843. The van der Waals surface area contributed by atoms with E-state index in [2.05, 4.69) is 11.0 Å². The molecule has 1 aliphatic rings. The average molecular weight is 312 g/mol. The van der Waals surface area contributed by atoms with Crippen LogP contribution in [0.2, 0.25) is 10.0 Å². The number of rotatable bonds is 2. The zero-order valence-electron chi connectivity index (χ0n) is 11.1. The maximum atomic E-state index is 12.3. The van der Waals surface area contributed by atoms with Crippen LogP contribution < -0.4 is 0 Å². The van der Waals surface area contributed by atoms with Crippen molar-refractivity contribution < 1.29 is 4.79 Å². The van der Waals surface area contributed by atoms with Gasteiger partial charge in [0.15, 0.2) is 0 Å². The summed E-state index contributed by atoms with van der Waals surface area (Å²) in [5.74, 6) is -0.0483. The fraction of sp³-hybridized carbons (Fsp3) is 0.429. The van der Waals surface area contributed by atoms with E-state index < -0.39 is 0 Å². The second-order valence-corrected chi connectivity index (χ2v) is 5.58. The minimum Gasteiger partial charge on any atom is -0.336 e. The maximum absolute atomic E-state index is 12.3. The van der Waals surface area contributed by atoms with Crippen LogP contribution in [0.15, 0.2) is 18.2 Å². The summed E-state index contributed by atoms with van der Waals surface area (Å²) in [4.78, 5) is 16.2. The number of benzene rings is 1. The molecule has 1 amide bonds. The zero-order chi connectivity index (χ0) is 14.7. The van der Waals surface area contributed by atoms with Crippen molar-refractivity contribution in [1.82, 2.24) is 9.80 Å². The van der Waals surface area contributed by atoms with Crippen molar-refractivity contribution >= 4 is 29.1 Å². The second-order valence-electron chi connectivity index (χ2n) is 4.76. The summed E-state index contributed by atoms with van der Waals surface area (Å²) < 4.78 is 0. The molecule has 6 heteroatoms. The number of nitriles is 1. The third-order valence-electron chi connectivity index (χ3n) is 3.50. The number of hydrogen-bond acceptors (Lipinski definition) is 3. The number of piperazine rings is 1. The van der Waals surface area contributed by atoms with Gasteiger partial charge < -0.3 is 4.90 Å². The smallest absolute Gasteiger partial charge is 0.253 e. The molecule has 0 spiro atoms. The van der Waals surface area contributed by atoms with E-state index in [1.165, 1.54) is 0 Å². The van der Waals surface area contributed by atoms with Gasteiger partial charge in [-0.15, -0.1) is 0 Å². The molecule has 0 aromatic heterocycles. The molecule has 0 aliphatic carbocycles. The van der Waals surface area contributed by atoms with Crippen molar-refractivity contribution in [1.29, 1.82) is 5.26 Å². The highest BCUT2D eigenvalue weighted by atomic mass is 35.5. The normalized spacial score (nSPS) is 17.6. The van der Waals surface area contributed by atoms with E-state index in [-0.39, 0.29) is 11.9 Å². The van der Waals surface area contributed by atoms with Crippen LogP contribution in [0, 0.1) is 11.3 Å². The van der Waals surface area contributed by atoms with E-state index in [9.17, 15) is 4.79 Å². The van der Waals surface area contributed by atoms with Gasteiger partial charge in [0.25, 0.3) is 5.91 Å². The molecular weight excluding hydrogens is 297 g/mol. The Hall–Kier alpha value is -1.28. The van der Waals surface area contributed by atoms with Gasteiger partial charge in [0.2, 0.25) is 0 Å². The summed E-state index contributed by atoms with van der Waals surface area (Å²) in [7, 11) is 0. The van der Waals surface area contributed by atoms with Gasteiger partial charge in [-0.25, -0.2) is 0 Å². The van der Waals surface area contributed by atoms with Gasteiger partial charge in [-0.2, -0.15) is 5.26 Å². The van der Waals surface area contributed by atoms with Crippen molar-refractivity contribution in [3.05, 3.63) is 33.8 Å². The first kappa shape index (κ1) is 15.1. The number of amides is 1. The lowest BCUT2D eigenvalue weighted by Crippen LogP contribution is -2.51. The number of carbonyl (C=O) groups excluding carboxylic acids is 1. The Morgan fingerprint density at radius 1 is 1.25 bits per heavy atom. The second kappa shape index (κ2) is 6.45. The lowest BCUT2D eigenvalue weighted by atomic mass is 10.1. The molecule has 4 nitrogen and oxygen atoms in total. The molecule has 1 fully saturated rings. The standard InChI is InChI=1S/C14H15Cl2N3O/c1-10(9-17)18-4-6-19(7-5-18)14(20)11-2-3-12(15)13(16)8-11/h2-3,8,10H,4-7H2,1H3. The molecule has 1 atom stereocenters. The molecule has 0 saturated carbocycles. The topological polar surface area (TPSA) is 47.3 Å². The maximum Gasteiger partial charge on any atom is 0.253 e. The van der Waals surface area contributed by atoms with Crippen molar-refractivity contribution in [2.24, 2.45) is 0 Å². The Bertz CT molecular complexity index is 548. The van der Waals surface area contributed by atoms with Crippen molar-refractivity contribution in [2.75, 3.05) is 26.2 Å². The van der Waals surface area contributed by atoms with E-state index >= 15 is 0 Å². The van der Waals surface area contributed by atoms with Crippen LogP contribution in [-0.4, -0.2) is 47.9 Å². The fourth-order valence-electron chi connectivity index (χ4n) is 2.21. The fourth-order valence-corrected chi connectivity index (χ4v) is 2.50. The molecule has 20 heavy (non-hydrogen) atoms. The molecule has 106 valence electrons. The Balaban J connectivity index is 2.01. The lowest BCUT2D eigenvalue weighted by molar-refractivity contribution is 0.0615. The van der Waals surface area contributed by atoms with Crippen LogP contribution in [0.25, 0.3) is 0 Å². The van der Waals surface area contributed by atoms with Crippen LogP contribution in [0.1, 0.15) is 17.3 Å². The minimum absolute atomic E-state index is 0.0483. The van der Waals surface area contributed by atoms with Gasteiger partial charge >= 0.3 is 0 Å². The van der Waals surface area contributed by atoms with Crippen molar-refractivity contribution in [3.63, 3.8) is 0 Å². The zero-order valence-corrected chi connectivity index (χ0v) is 12.7. The molecule has 1 aliphatic heterocycles. The summed E-state index contributed by atoms with van der Waals surface area (Å²) in [6.45, 7) is 4.52. The van der Waals surface area contributed by atoms with Gasteiger partial charge in [-0.3, -0.25) is 9.69 Å². The first-order chi connectivity index (χ1) is 9.52. The van der Waals surface area contributed by atoms with Crippen LogP contribution in [0.3, 0.4) is 0 Å². The van der Waals surface area contributed by atoms with Gasteiger partial charge in [0.05, 0.1) is 22.2 Å². The Morgan fingerprint density at radius 2 is 1.90 bits per heavy atom. The predicted molar refractivity (Wildman–Crippen MR) is 79.0 cm³/mol. The van der Waals surface area contributed by atoms with Crippen molar-refractivity contribution in [2.45, 2.75) is 13.0 Å². The Kier molecular flexibility index (Phi) is 4.87. The Morgan fingerprint density at radius 3 is 2.45 bits per heavy atom. The number of carbonyl (C=O) groups is 1. The van der Waals surface area contributed by atoms with E-state index in [1.807, 2.05) is 6.92 Å². The summed E-state index contributed by atoms with van der Waals surface area (Å²) in [5, 5.41) is 9.72. The highest BCUT2D eigenvalue weighted by Crippen LogP contribution is 2.23. The number of hydrogen-bond donors (Lipinski definition) is 0. The lowest BCUT2D eigenvalue weighted by Gasteiger charge is -2.35. The highest BCUT2D eigenvalue weighted by Gasteiger charge is 2.24. The number of halogens is 2. The first-order valence-corrected chi connectivity index (χ1v) is 7.16. The number of nitrogens with zero attached hydrogens (tertiary/aromatic N) is 3. The molecule has 1 unspecified atom stereocenters. The summed E-state index contributed by atoms with van der Waals surface area (Å²) in [6.07, 6.45) is 0. The average Bonchev–Trinajstić information content (AvgIpc) is 2.48. The molecule has 1 saturated heterocycles. The van der Waals surface area contributed by atoms with Gasteiger partial charge in [0, 0.05) is 31.7 Å². The summed E-state index contributed by atoms with van der Waals surface area (Å²) in [5.41, 5.74) is 0.543. The van der Waals surface area contributed by atoms with E-state index in [1.54, 1.807) is 23.1 Å². The third-order valence-corrected chi connectivity index (χ3v) is 4.24. The highest BCUT2D eigenvalue weighted by molar-refractivity contribution is 6.42. The molecule has 0 radical (unpaired) electrons. The molecular formula is C14H15Cl2N3O. The molecule has 0 N–H and O–H groups in total. The molecule has 0 bridgehead atoms. The summed E-state index contributed by atoms with van der Waals surface area (Å²) >= 11 is 11.8. The van der Waals surface area contributed by atoms with Crippen LogP contribution in [0.5, 0.6) is 0 Å². The van der Waals surface area contributed by atoms with E-state index in [0.717, 1.165) is 0 Å². The largest absolute Gasteiger partial charge is 0.336 e. The van der Waals surface area contributed by atoms with Gasteiger partial charge in [-0.1, -0.05) is 23.2 Å². The predicted octanol–water partition coefficient (Wildman–Crippen LogP) is 2.66. The van der Waals surface area contributed by atoms with E-state index in [4.69, 9.17) is 28.5 Å². The van der Waals surface area contributed by atoms with Gasteiger partial charge in [0.1, 0.15) is 0 Å². The SMILES string of the molecule is CC(C#N)N1CCN(C(=O)c2ccc(Cl)c(Cl)c2)CC1. The molecule has 1 aromatic rings. The molecule has 1 heterocycles. The van der Waals surface area contributed by atoms with Gasteiger partial charge in [-0.05, 0) is 25.1 Å². The van der Waals surface area contributed by atoms with Crippen LogP contribution >= 0.6 is 23.2 Å². The Labute approximate surface area is 128 Å². The molecule has 1 aromatic carbocycles. The van der Waals surface area contributed by atoms with Crippen LogP contribution in [0.4, 0.5) is 0 Å². The van der Waals surface area contributed by atoms with Crippen molar-refractivity contribution in [3.8, 4) is 6.07 Å². The third kappa shape index (κ3) is 3.24.